The molecule has 48 heavy (non-hydrogen) atoms. The summed E-state index contributed by atoms with van der Waals surface area (Å²) in [5.41, 5.74) is 8.43. The lowest BCUT2D eigenvalue weighted by Gasteiger charge is -2.59. The van der Waals surface area contributed by atoms with Crippen molar-refractivity contribution in [1.29, 1.82) is 0 Å². The van der Waals surface area contributed by atoms with Gasteiger partial charge in [0.25, 0.3) is 0 Å². The fraction of sp³-hybridized carbons (Fsp3) is 0.542. The van der Waals surface area contributed by atoms with Crippen molar-refractivity contribution in [2.45, 2.75) is 138 Å². The van der Waals surface area contributed by atoms with E-state index in [9.17, 15) is 0 Å². The molecule has 0 N–H and O–H groups in total. The third-order valence-corrected chi connectivity index (χ3v) is 12.9. The molecular weight excluding hydrogens is 577 g/mol. The first-order valence-corrected chi connectivity index (χ1v) is 19.1. The average molecular weight is 645 g/mol. The number of rotatable bonds is 16. The molecule has 260 valence electrons. The first-order valence-electron chi connectivity index (χ1n) is 19.1. The molecule has 4 rings (SSSR count). The molecule has 0 bridgehead atoms. The predicted molar refractivity (Wildman–Crippen MR) is 212 cm³/mol. The van der Waals surface area contributed by atoms with Crippen molar-refractivity contribution in [3.05, 3.63) is 131 Å². The summed E-state index contributed by atoms with van der Waals surface area (Å²) in [4.78, 5) is 0. The Morgan fingerprint density at radius 3 is 1.67 bits per heavy atom. The highest BCUT2D eigenvalue weighted by molar-refractivity contribution is 5.47. The quantitative estimate of drug-likeness (QED) is 0.136. The minimum Gasteiger partial charge on any atom is -0.0949 e. The minimum absolute atomic E-state index is 0.0792. The summed E-state index contributed by atoms with van der Waals surface area (Å²) in [6.45, 7) is 34.6. The number of hydrogen-bond donors (Lipinski definition) is 0. The van der Waals surface area contributed by atoms with Gasteiger partial charge in [0.1, 0.15) is 0 Å². The zero-order valence-corrected chi connectivity index (χ0v) is 32.5. The first kappa shape index (κ1) is 38.0. The molecule has 1 aliphatic rings. The van der Waals surface area contributed by atoms with Gasteiger partial charge in [0, 0.05) is 11.8 Å². The van der Waals surface area contributed by atoms with Gasteiger partial charge < -0.3 is 0 Å². The van der Waals surface area contributed by atoms with Crippen LogP contribution in [0.1, 0.15) is 154 Å². The van der Waals surface area contributed by atoms with Gasteiger partial charge in [-0.2, -0.15) is 0 Å². The van der Waals surface area contributed by atoms with Crippen LogP contribution < -0.4 is 0 Å². The molecule has 4 unspecified atom stereocenters. The van der Waals surface area contributed by atoms with Crippen LogP contribution in [0.25, 0.3) is 0 Å². The van der Waals surface area contributed by atoms with Gasteiger partial charge in [-0.3, -0.25) is 0 Å². The number of aryl methyl sites for hydroxylation is 1. The fourth-order valence-corrected chi connectivity index (χ4v) is 8.90. The van der Waals surface area contributed by atoms with Gasteiger partial charge in [-0.05, 0) is 99.0 Å². The van der Waals surface area contributed by atoms with Crippen molar-refractivity contribution < 1.29 is 0 Å². The van der Waals surface area contributed by atoms with Crippen molar-refractivity contribution in [2.75, 3.05) is 0 Å². The average Bonchev–Trinajstić information content (AvgIpc) is 3.02. The van der Waals surface area contributed by atoms with Crippen molar-refractivity contribution in [2.24, 2.45) is 27.6 Å². The van der Waals surface area contributed by atoms with Crippen molar-refractivity contribution in [3.63, 3.8) is 0 Å². The van der Waals surface area contributed by atoms with Gasteiger partial charge in [0.2, 0.25) is 0 Å². The molecule has 0 aliphatic heterocycles. The molecule has 3 aromatic carbocycles. The Morgan fingerprint density at radius 1 is 0.667 bits per heavy atom. The zero-order valence-electron chi connectivity index (χ0n) is 32.5. The highest BCUT2D eigenvalue weighted by atomic mass is 14.6. The summed E-state index contributed by atoms with van der Waals surface area (Å²) < 4.78 is 0. The molecule has 0 heterocycles. The molecule has 0 heteroatoms. The lowest BCUT2D eigenvalue weighted by atomic mass is 9.45. The highest BCUT2D eigenvalue weighted by Crippen LogP contribution is 2.65. The van der Waals surface area contributed by atoms with Crippen LogP contribution in [0.3, 0.4) is 0 Å². The summed E-state index contributed by atoms with van der Waals surface area (Å²) in [7, 11) is 0. The van der Waals surface area contributed by atoms with Crippen LogP contribution in [0.15, 0.2) is 109 Å². The first-order chi connectivity index (χ1) is 22.6. The van der Waals surface area contributed by atoms with Gasteiger partial charge in [-0.25, -0.2) is 0 Å². The fourth-order valence-electron chi connectivity index (χ4n) is 8.90. The molecule has 3 aromatic rings. The molecule has 1 saturated carbocycles. The van der Waals surface area contributed by atoms with E-state index in [-0.39, 0.29) is 33.5 Å². The zero-order chi connectivity index (χ0) is 35.3. The van der Waals surface area contributed by atoms with E-state index in [1.54, 1.807) is 0 Å². The molecule has 1 fully saturated rings. The van der Waals surface area contributed by atoms with Crippen LogP contribution in [0.2, 0.25) is 0 Å². The van der Waals surface area contributed by atoms with E-state index in [4.69, 9.17) is 13.2 Å². The lowest BCUT2D eigenvalue weighted by Crippen LogP contribution is -2.49. The van der Waals surface area contributed by atoms with E-state index < -0.39 is 0 Å². The molecule has 0 spiro atoms. The van der Waals surface area contributed by atoms with Crippen LogP contribution in [-0.2, 0) is 6.42 Å². The van der Waals surface area contributed by atoms with E-state index in [2.05, 4.69) is 154 Å². The Morgan fingerprint density at radius 2 is 1.21 bits per heavy atom. The number of benzene rings is 3. The Kier molecular flexibility index (Phi) is 12.1. The van der Waals surface area contributed by atoms with Crippen LogP contribution in [0.4, 0.5) is 0 Å². The van der Waals surface area contributed by atoms with E-state index in [0.717, 1.165) is 25.7 Å². The number of hydrogen-bond acceptors (Lipinski definition) is 0. The van der Waals surface area contributed by atoms with Crippen molar-refractivity contribution in [1.82, 2.24) is 0 Å². The molecule has 1 aliphatic carbocycles. The van der Waals surface area contributed by atoms with Gasteiger partial charge in [0.15, 0.2) is 0 Å². The summed E-state index contributed by atoms with van der Waals surface area (Å²) in [5, 5.41) is 0. The molecular formula is C48H68. The topological polar surface area (TPSA) is 0 Å². The Balaban J connectivity index is 1.89. The highest BCUT2D eigenvalue weighted by Gasteiger charge is 2.55. The maximum absolute atomic E-state index is 5.05. The van der Waals surface area contributed by atoms with E-state index >= 15 is 0 Å². The molecule has 0 nitrogen and oxygen atoms in total. The largest absolute Gasteiger partial charge is 0.0949 e. The normalized spacial score (nSPS) is 17.5. The second-order valence-corrected chi connectivity index (χ2v) is 18.0. The third-order valence-electron chi connectivity index (χ3n) is 12.9. The molecule has 0 aromatic heterocycles. The van der Waals surface area contributed by atoms with Crippen molar-refractivity contribution >= 4 is 0 Å². The molecule has 0 amide bonds. The number of allylic oxidation sites excluding steroid dienone is 2. The molecule has 4 atom stereocenters. The van der Waals surface area contributed by atoms with Gasteiger partial charge in [-0.1, -0.05) is 187 Å². The maximum Gasteiger partial charge on any atom is 0.0143 e. The van der Waals surface area contributed by atoms with Crippen molar-refractivity contribution in [3.8, 4) is 0 Å². The minimum atomic E-state index is -0.0792. The lowest BCUT2D eigenvalue weighted by molar-refractivity contribution is -0.0519. The van der Waals surface area contributed by atoms with E-state index in [0.29, 0.717) is 11.8 Å². The van der Waals surface area contributed by atoms with Gasteiger partial charge in [0.05, 0.1) is 0 Å². The van der Waals surface area contributed by atoms with Crippen LogP contribution in [0.5, 0.6) is 0 Å². The van der Waals surface area contributed by atoms with Crippen LogP contribution in [0, 0.1) is 27.6 Å². The van der Waals surface area contributed by atoms with E-state index in [1.165, 1.54) is 59.1 Å². The maximum atomic E-state index is 5.05. The summed E-state index contributed by atoms with van der Waals surface area (Å²) in [6, 6.07) is 32.1. The Hall–Kier alpha value is -2.86. The molecule has 0 saturated heterocycles. The van der Waals surface area contributed by atoms with Crippen LogP contribution >= 0.6 is 0 Å². The summed E-state index contributed by atoms with van der Waals surface area (Å²) in [5.74, 6) is 1.53. The summed E-state index contributed by atoms with van der Waals surface area (Å²) >= 11 is 0. The Labute approximate surface area is 296 Å². The smallest absolute Gasteiger partial charge is 0.0143 e. The third kappa shape index (κ3) is 8.29. The summed E-state index contributed by atoms with van der Waals surface area (Å²) in [6.07, 6.45) is 9.63. The van der Waals surface area contributed by atoms with Crippen LogP contribution in [-0.4, -0.2) is 0 Å². The second-order valence-electron chi connectivity index (χ2n) is 18.0. The van der Waals surface area contributed by atoms with Gasteiger partial charge >= 0.3 is 0 Å². The SMILES string of the molecule is C=C(C(=C)C(c1ccc(CCC)cc1)C(C)(C)C(C)(CC(c1ccccc1)C(C)(C)CC)C1CCC1)C(CC(C)(C)C)c1ccccc1. The van der Waals surface area contributed by atoms with E-state index in [1.807, 2.05) is 0 Å². The standard InChI is InChI=1S/C48H68/c1-13-22-37-29-31-40(32-30-37)44(36(4)35(3)42(33-45(5,6)7)38-23-17-15-18-24-38)47(10,11)48(12,41-27-21-28-41)34-43(46(8,9)14-2)39-25-19-16-20-26-39/h15-20,23-26,29-32,41-44H,3-4,13-14,21-22,27-28,33-34H2,1-2,5-12H3. The monoisotopic (exact) mass is 645 g/mol. The Bertz CT molecular complexity index is 1460. The predicted octanol–water partition coefficient (Wildman–Crippen LogP) is 14.5. The molecule has 0 radical (unpaired) electrons. The van der Waals surface area contributed by atoms with Gasteiger partial charge in [-0.15, -0.1) is 0 Å². The second kappa shape index (κ2) is 15.4.